The molecule has 3 N–H and O–H groups in total. The molecule has 0 radical (unpaired) electrons. The van der Waals surface area contributed by atoms with Crippen LogP contribution in [-0.4, -0.2) is 48.2 Å². The van der Waals surface area contributed by atoms with Crippen LogP contribution in [0.5, 0.6) is 0 Å². The van der Waals surface area contributed by atoms with Crippen molar-refractivity contribution in [3.63, 3.8) is 0 Å². The SMILES string of the molecule is CCOC1CC(NCC(O)CO)C1. The highest BCUT2D eigenvalue weighted by atomic mass is 16.5. The van der Waals surface area contributed by atoms with Gasteiger partial charge in [-0.15, -0.1) is 0 Å². The fraction of sp³-hybridized carbons (Fsp3) is 1.00. The number of nitrogens with one attached hydrogen (secondary N) is 1. The average Bonchev–Trinajstić information content (AvgIpc) is 2.08. The van der Waals surface area contributed by atoms with Crippen molar-refractivity contribution in [3.05, 3.63) is 0 Å². The minimum Gasteiger partial charge on any atom is -0.394 e. The first-order valence-electron chi connectivity index (χ1n) is 4.90. The lowest BCUT2D eigenvalue weighted by molar-refractivity contribution is -0.0137. The van der Waals surface area contributed by atoms with Gasteiger partial charge in [0.25, 0.3) is 0 Å². The van der Waals surface area contributed by atoms with Crippen molar-refractivity contribution in [2.24, 2.45) is 0 Å². The van der Waals surface area contributed by atoms with Gasteiger partial charge in [0, 0.05) is 19.2 Å². The Balaban J connectivity index is 1.95. The molecule has 4 heteroatoms. The maximum Gasteiger partial charge on any atom is 0.0895 e. The summed E-state index contributed by atoms with van der Waals surface area (Å²) in [6, 6.07) is 0.456. The molecule has 0 aromatic rings. The zero-order chi connectivity index (χ0) is 9.68. The van der Waals surface area contributed by atoms with E-state index in [1.807, 2.05) is 6.92 Å². The normalized spacial score (nSPS) is 29.8. The standard InChI is InChI=1S/C9H19NO3/c1-2-13-9-3-7(4-9)10-5-8(12)6-11/h7-12H,2-6H2,1H3. The van der Waals surface area contributed by atoms with E-state index in [9.17, 15) is 0 Å². The second-order valence-corrected chi connectivity index (χ2v) is 3.49. The van der Waals surface area contributed by atoms with Crippen molar-refractivity contribution < 1.29 is 14.9 Å². The van der Waals surface area contributed by atoms with Crippen molar-refractivity contribution in [2.75, 3.05) is 19.8 Å². The molecular formula is C9H19NO3. The summed E-state index contributed by atoms with van der Waals surface area (Å²) in [6.07, 6.45) is 1.80. The van der Waals surface area contributed by atoms with E-state index in [0.717, 1.165) is 19.4 Å². The first-order valence-corrected chi connectivity index (χ1v) is 4.90. The topological polar surface area (TPSA) is 61.7 Å². The van der Waals surface area contributed by atoms with Crippen molar-refractivity contribution in [2.45, 2.75) is 38.0 Å². The van der Waals surface area contributed by atoms with E-state index in [-0.39, 0.29) is 6.61 Å². The Morgan fingerprint density at radius 3 is 2.77 bits per heavy atom. The minimum atomic E-state index is -0.633. The summed E-state index contributed by atoms with van der Waals surface area (Å²) in [4.78, 5) is 0. The van der Waals surface area contributed by atoms with E-state index in [4.69, 9.17) is 14.9 Å². The third-order valence-electron chi connectivity index (χ3n) is 2.35. The summed E-state index contributed by atoms with van der Waals surface area (Å²) in [7, 11) is 0. The van der Waals surface area contributed by atoms with Crippen LogP contribution in [0.3, 0.4) is 0 Å². The highest BCUT2D eigenvalue weighted by Crippen LogP contribution is 2.22. The van der Waals surface area contributed by atoms with Gasteiger partial charge in [-0.3, -0.25) is 0 Å². The summed E-state index contributed by atoms with van der Waals surface area (Å²) in [5.41, 5.74) is 0. The molecule has 1 aliphatic carbocycles. The van der Waals surface area contributed by atoms with Crippen molar-refractivity contribution >= 4 is 0 Å². The van der Waals surface area contributed by atoms with Gasteiger partial charge in [0.1, 0.15) is 0 Å². The molecule has 0 amide bonds. The van der Waals surface area contributed by atoms with Gasteiger partial charge < -0.3 is 20.3 Å². The average molecular weight is 189 g/mol. The van der Waals surface area contributed by atoms with Crippen molar-refractivity contribution in [1.82, 2.24) is 5.32 Å². The first-order chi connectivity index (χ1) is 6.26. The molecule has 1 unspecified atom stereocenters. The molecule has 0 aliphatic heterocycles. The molecule has 0 spiro atoms. The van der Waals surface area contributed by atoms with E-state index in [0.29, 0.717) is 18.7 Å². The van der Waals surface area contributed by atoms with Gasteiger partial charge in [-0.1, -0.05) is 0 Å². The zero-order valence-corrected chi connectivity index (χ0v) is 8.07. The predicted molar refractivity (Wildman–Crippen MR) is 49.5 cm³/mol. The van der Waals surface area contributed by atoms with Crippen LogP contribution in [0.1, 0.15) is 19.8 Å². The molecule has 0 heterocycles. The van der Waals surface area contributed by atoms with Crippen molar-refractivity contribution in [1.29, 1.82) is 0 Å². The molecule has 1 saturated carbocycles. The maximum atomic E-state index is 9.05. The van der Waals surface area contributed by atoms with Gasteiger partial charge in [-0.2, -0.15) is 0 Å². The minimum absolute atomic E-state index is 0.172. The summed E-state index contributed by atoms with van der Waals surface area (Å²) >= 11 is 0. The Hall–Kier alpha value is -0.160. The van der Waals surface area contributed by atoms with E-state index in [1.54, 1.807) is 0 Å². The lowest BCUT2D eigenvalue weighted by Gasteiger charge is -2.35. The number of aliphatic hydroxyl groups is 2. The van der Waals surface area contributed by atoms with Crippen LogP contribution in [0.4, 0.5) is 0 Å². The first kappa shape index (κ1) is 10.9. The van der Waals surface area contributed by atoms with Crippen LogP contribution >= 0.6 is 0 Å². The largest absolute Gasteiger partial charge is 0.394 e. The van der Waals surface area contributed by atoms with E-state index < -0.39 is 6.10 Å². The third kappa shape index (κ3) is 3.60. The van der Waals surface area contributed by atoms with Crippen LogP contribution in [0.15, 0.2) is 0 Å². The second kappa shape index (κ2) is 5.54. The van der Waals surface area contributed by atoms with Gasteiger partial charge in [-0.05, 0) is 19.8 Å². The summed E-state index contributed by atoms with van der Waals surface area (Å²) in [5.74, 6) is 0. The Morgan fingerprint density at radius 1 is 1.54 bits per heavy atom. The van der Waals surface area contributed by atoms with Crippen LogP contribution in [0, 0.1) is 0 Å². The molecule has 1 atom stereocenters. The molecule has 78 valence electrons. The maximum absolute atomic E-state index is 9.05. The predicted octanol–water partition coefficient (Wildman–Crippen LogP) is -0.503. The fourth-order valence-corrected chi connectivity index (χ4v) is 1.47. The Morgan fingerprint density at radius 2 is 2.23 bits per heavy atom. The fourth-order valence-electron chi connectivity index (χ4n) is 1.47. The molecular weight excluding hydrogens is 170 g/mol. The van der Waals surface area contributed by atoms with Crippen LogP contribution in [0.2, 0.25) is 0 Å². The van der Waals surface area contributed by atoms with Gasteiger partial charge >= 0.3 is 0 Å². The van der Waals surface area contributed by atoms with E-state index >= 15 is 0 Å². The molecule has 4 nitrogen and oxygen atoms in total. The number of aliphatic hydroxyl groups excluding tert-OH is 2. The lowest BCUT2D eigenvalue weighted by Crippen LogP contribution is -2.48. The third-order valence-corrected chi connectivity index (χ3v) is 2.35. The molecule has 1 aliphatic rings. The molecule has 1 rings (SSSR count). The molecule has 1 fully saturated rings. The molecule has 0 saturated heterocycles. The Kier molecular flexibility index (Phi) is 4.66. The molecule has 0 aromatic heterocycles. The Bertz CT molecular complexity index is 137. The summed E-state index contributed by atoms with van der Waals surface area (Å²) in [5, 5.41) is 20.8. The molecule has 0 bridgehead atoms. The van der Waals surface area contributed by atoms with Crippen LogP contribution in [0.25, 0.3) is 0 Å². The molecule has 13 heavy (non-hydrogen) atoms. The van der Waals surface area contributed by atoms with Gasteiger partial charge in [0.05, 0.1) is 18.8 Å². The second-order valence-electron chi connectivity index (χ2n) is 3.49. The number of hydrogen-bond donors (Lipinski definition) is 3. The van der Waals surface area contributed by atoms with E-state index in [1.165, 1.54) is 0 Å². The lowest BCUT2D eigenvalue weighted by atomic mass is 9.89. The smallest absolute Gasteiger partial charge is 0.0895 e. The molecule has 0 aromatic carbocycles. The monoisotopic (exact) mass is 189 g/mol. The van der Waals surface area contributed by atoms with E-state index in [2.05, 4.69) is 5.32 Å². The summed E-state index contributed by atoms with van der Waals surface area (Å²) < 4.78 is 5.39. The number of rotatable bonds is 6. The quantitative estimate of drug-likeness (QED) is 0.527. The Labute approximate surface area is 78.9 Å². The number of ether oxygens (including phenoxy) is 1. The van der Waals surface area contributed by atoms with Gasteiger partial charge in [-0.25, -0.2) is 0 Å². The van der Waals surface area contributed by atoms with Crippen molar-refractivity contribution in [3.8, 4) is 0 Å². The van der Waals surface area contributed by atoms with Gasteiger partial charge in [0.2, 0.25) is 0 Å². The highest BCUT2D eigenvalue weighted by Gasteiger charge is 2.29. The summed E-state index contributed by atoms with van der Waals surface area (Å²) in [6.45, 7) is 3.07. The van der Waals surface area contributed by atoms with Crippen LogP contribution < -0.4 is 5.32 Å². The zero-order valence-electron chi connectivity index (χ0n) is 8.07. The number of hydrogen-bond acceptors (Lipinski definition) is 4. The van der Waals surface area contributed by atoms with Crippen LogP contribution in [-0.2, 0) is 4.74 Å². The van der Waals surface area contributed by atoms with Gasteiger partial charge in [0.15, 0.2) is 0 Å². The highest BCUT2D eigenvalue weighted by molar-refractivity contribution is 4.86.